The summed E-state index contributed by atoms with van der Waals surface area (Å²) in [4.78, 5) is 23.6. The Morgan fingerprint density at radius 1 is 1.35 bits per heavy atom. The predicted octanol–water partition coefficient (Wildman–Crippen LogP) is 2.56. The number of amides is 2. The first-order valence-electron chi connectivity index (χ1n) is 7.26. The largest absolute Gasteiger partial charge is 0.353 e. The lowest BCUT2D eigenvalue weighted by atomic mass is 9.86. The molecule has 1 aliphatic carbocycles. The van der Waals surface area contributed by atoms with Crippen molar-refractivity contribution in [3.05, 3.63) is 22.4 Å². The molecule has 0 aliphatic heterocycles. The Bertz CT molecular complexity index is 445. The van der Waals surface area contributed by atoms with Crippen LogP contribution >= 0.6 is 11.3 Å². The molecule has 1 aromatic rings. The van der Waals surface area contributed by atoms with Gasteiger partial charge in [-0.1, -0.05) is 19.8 Å². The molecule has 20 heavy (non-hydrogen) atoms. The fraction of sp³-hybridized carbons (Fsp3) is 0.600. The third-order valence-corrected chi connectivity index (χ3v) is 4.56. The average Bonchev–Trinajstić information content (AvgIpc) is 2.95. The van der Waals surface area contributed by atoms with Gasteiger partial charge in [-0.25, -0.2) is 0 Å². The molecule has 2 rings (SSSR count). The Morgan fingerprint density at radius 2 is 2.15 bits per heavy atom. The van der Waals surface area contributed by atoms with E-state index in [1.165, 1.54) is 30.6 Å². The second-order valence-corrected chi connectivity index (χ2v) is 6.23. The van der Waals surface area contributed by atoms with E-state index in [0.29, 0.717) is 30.5 Å². The molecule has 0 unspecified atom stereocenters. The van der Waals surface area contributed by atoms with Crippen LogP contribution in [0.1, 0.15) is 49.4 Å². The van der Waals surface area contributed by atoms with Crippen molar-refractivity contribution in [2.45, 2.75) is 45.1 Å². The number of rotatable bonds is 5. The molecule has 4 nitrogen and oxygen atoms in total. The summed E-state index contributed by atoms with van der Waals surface area (Å²) in [5.41, 5.74) is 0.663. The Labute approximate surface area is 124 Å². The highest BCUT2D eigenvalue weighted by Gasteiger charge is 2.22. The van der Waals surface area contributed by atoms with Gasteiger partial charge in [0.15, 0.2) is 0 Å². The lowest BCUT2D eigenvalue weighted by Crippen LogP contribution is -2.42. The van der Waals surface area contributed by atoms with Crippen LogP contribution in [-0.2, 0) is 4.79 Å². The van der Waals surface area contributed by atoms with Crippen molar-refractivity contribution in [1.82, 2.24) is 10.6 Å². The maximum atomic E-state index is 11.9. The smallest absolute Gasteiger partial charge is 0.252 e. The van der Waals surface area contributed by atoms with Crippen LogP contribution < -0.4 is 10.6 Å². The molecule has 0 bridgehead atoms. The zero-order valence-electron chi connectivity index (χ0n) is 11.9. The van der Waals surface area contributed by atoms with Crippen LogP contribution in [0.15, 0.2) is 16.8 Å². The number of hydrogen-bond donors (Lipinski definition) is 2. The van der Waals surface area contributed by atoms with Crippen molar-refractivity contribution in [2.24, 2.45) is 5.92 Å². The Kier molecular flexibility index (Phi) is 5.59. The molecular formula is C15H22N2O2S. The van der Waals surface area contributed by atoms with Gasteiger partial charge in [-0.2, -0.15) is 11.3 Å². The van der Waals surface area contributed by atoms with Crippen molar-refractivity contribution < 1.29 is 9.59 Å². The van der Waals surface area contributed by atoms with E-state index in [-0.39, 0.29) is 11.8 Å². The molecule has 2 amide bonds. The summed E-state index contributed by atoms with van der Waals surface area (Å²) in [7, 11) is 0. The highest BCUT2D eigenvalue weighted by atomic mass is 32.1. The van der Waals surface area contributed by atoms with Crippen LogP contribution in [0.3, 0.4) is 0 Å². The minimum Gasteiger partial charge on any atom is -0.353 e. The topological polar surface area (TPSA) is 58.2 Å². The lowest BCUT2D eigenvalue weighted by Gasteiger charge is -2.29. The predicted molar refractivity (Wildman–Crippen MR) is 80.8 cm³/mol. The molecule has 5 heteroatoms. The fourth-order valence-corrected chi connectivity index (χ4v) is 3.23. The molecule has 1 saturated carbocycles. The molecule has 2 atom stereocenters. The molecule has 1 aliphatic rings. The number of hydrogen-bond acceptors (Lipinski definition) is 3. The van der Waals surface area contributed by atoms with Crippen molar-refractivity contribution in [3.8, 4) is 0 Å². The van der Waals surface area contributed by atoms with Crippen LogP contribution in [0, 0.1) is 5.92 Å². The normalized spacial score (nSPS) is 22.2. The number of carbonyl (C=O) groups is 2. The molecule has 0 saturated heterocycles. The highest BCUT2D eigenvalue weighted by molar-refractivity contribution is 7.08. The summed E-state index contributed by atoms with van der Waals surface area (Å²) in [6.45, 7) is 2.59. The Morgan fingerprint density at radius 3 is 2.85 bits per heavy atom. The summed E-state index contributed by atoms with van der Waals surface area (Å²) in [6, 6.07) is 2.09. The molecule has 1 heterocycles. The van der Waals surface area contributed by atoms with E-state index in [0.717, 1.165) is 6.42 Å². The number of thiophene rings is 1. The van der Waals surface area contributed by atoms with Gasteiger partial charge < -0.3 is 10.6 Å². The molecule has 1 aromatic heterocycles. The van der Waals surface area contributed by atoms with Crippen molar-refractivity contribution in [2.75, 3.05) is 6.54 Å². The fourth-order valence-electron chi connectivity index (χ4n) is 2.59. The number of carbonyl (C=O) groups excluding carboxylic acids is 2. The molecular weight excluding hydrogens is 272 g/mol. The Balaban J connectivity index is 1.66. The maximum absolute atomic E-state index is 11.9. The van der Waals surface area contributed by atoms with Crippen LogP contribution in [-0.4, -0.2) is 24.4 Å². The highest BCUT2D eigenvalue weighted by Crippen LogP contribution is 2.23. The summed E-state index contributed by atoms with van der Waals surface area (Å²) >= 11 is 1.49. The molecule has 0 aromatic carbocycles. The first kappa shape index (κ1) is 15.0. The number of nitrogens with one attached hydrogen (secondary N) is 2. The van der Waals surface area contributed by atoms with Crippen molar-refractivity contribution in [1.29, 1.82) is 0 Å². The van der Waals surface area contributed by atoms with E-state index in [4.69, 9.17) is 0 Å². The first-order valence-corrected chi connectivity index (χ1v) is 8.21. The SMILES string of the molecule is C[C@@H]1CCCC[C@H]1NC(=O)CCNC(=O)c1ccsc1. The van der Waals surface area contributed by atoms with Crippen molar-refractivity contribution in [3.63, 3.8) is 0 Å². The van der Waals surface area contributed by atoms with E-state index in [9.17, 15) is 9.59 Å². The molecule has 0 spiro atoms. The zero-order chi connectivity index (χ0) is 14.4. The van der Waals surface area contributed by atoms with Gasteiger partial charge in [0.25, 0.3) is 5.91 Å². The second kappa shape index (κ2) is 7.43. The van der Waals surface area contributed by atoms with E-state index in [1.54, 1.807) is 11.4 Å². The monoisotopic (exact) mass is 294 g/mol. The van der Waals surface area contributed by atoms with E-state index in [1.807, 2.05) is 5.38 Å². The van der Waals surface area contributed by atoms with Gasteiger partial charge in [-0.3, -0.25) is 9.59 Å². The van der Waals surface area contributed by atoms with E-state index in [2.05, 4.69) is 17.6 Å². The van der Waals surface area contributed by atoms with E-state index >= 15 is 0 Å². The van der Waals surface area contributed by atoms with Gasteiger partial charge in [-0.05, 0) is 30.2 Å². The summed E-state index contributed by atoms with van der Waals surface area (Å²) in [6.07, 6.45) is 5.08. The zero-order valence-corrected chi connectivity index (χ0v) is 12.7. The van der Waals surface area contributed by atoms with Gasteiger partial charge in [-0.15, -0.1) is 0 Å². The quantitative estimate of drug-likeness (QED) is 0.877. The van der Waals surface area contributed by atoms with E-state index < -0.39 is 0 Å². The summed E-state index contributed by atoms with van der Waals surface area (Å²) in [5, 5.41) is 9.53. The summed E-state index contributed by atoms with van der Waals surface area (Å²) in [5.74, 6) is 0.493. The van der Waals surface area contributed by atoms with Gasteiger partial charge in [0.1, 0.15) is 0 Å². The first-order chi connectivity index (χ1) is 9.66. The molecule has 0 radical (unpaired) electrons. The van der Waals surface area contributed by atoms with Gasteiger partial charge in [0.2, 0.25) is 5.91 Å². The minimum absolute atomic E-state index is 0.0365. The van der Waals surface area contributed by atoms with Gasteiger partial charge in [0, 0.05) is 30.0 Å². The Hall–Kier alpha value is -1.36. The summed E-state index contributed by atoms with van der Waals surface area (Å²) < 4.78 is 0. The third kappa shape index (κ3) is 4.34. The van der Waals surface area contributed by atoms with Gasteiger partial charge in [0.05, 0.1) is 0 Å². The average molecular weight is 294 g/mol. The maximum Gasteiger partial charge on any atom is 0.252 e. The van der Waals surface area contributed by atoms with Crippen LogP contribution in [0.4, 0.5) is 0 Å². The van der Waals surface area contributed by atoms with Crippen molar-refractivity contribution >= 4 is 23.2 Å². The van der Waals surface area contributed by atoms with Crippen LogP contribution in [0.2, 0.25) is 0 Å². The lowest BCUT2D eigenvalue weighted by molar-refractivity contribution is -0.122. The van der Waals surface area contributed by atoms with Gasteiger partial charge >= 0.3 is 0 Å². The third-order valence-electron chi connectivity index (χ3n) is 3.88. The van der Waals surface area contributed by atoms with Crippen LogP contribution in [0.5, 0.6) is 0 Å². The minimum atomic E-state index is -0.106. The molecule has 110 valence electrons. The molecule has 2 N–H and O–H groups in total. The van der Waals surface area contributed by atoms with Crippen LogP contribution in [0.25, 0.3) is 0 Å². The molecule has 1 fully saturated rings. The standard InChI is InChI=1S/C15H22N2O2S/c1-11-4-2-3-5-13(11)17-14(18)6-8-16-15(19)12-7-9-20-10-12/h7,9-11,13H,2-6,8H2,1H3,(H,16,19)(H,17,18)/t11-,13-/m1/s1. The second-order valence-electron chi connectivity index (χ2n) is 5.45.